The van der Waals surface area contributed by atoms with Crippen molar-refractivity contribution in [2.75, 3.05) is 4.72 Å². The maximum absolute atomic E-state index is 13.3. The summed E-state index contributed by atoms with van der Waals surface area (Å²) in [6.07, 6.45) is 0.0139. The molecule has 0 heterocycles. The summed E-state index contributed by atoms with van der Waals surface area (Å²) < 4.78 is 29.2. The molecule has 3 N–H and O–H groups in total. The van der Waals surface area contributed by atoms with Crippen LogP contribution in [-0.2, 0) is 21.2 Å². The Morgan fingerprint density at radius 2 is 1.45 bits per heavy atom. The van der Waals surface area contributed by atoms with Gasteiger partial charge in [-0.3, -0.25) is 9.52 Å². The van der Waals surface area contributed by atoms with E-state index in [2.05, 4.69) is 10.0 Å². The summed E-state index contributed by atoms with van der Waals surface area (Å²) in [5.74, 6) is -2.01. The minimum Gasteiger partial charge on any atom is -0.480 e. The Balaban J connectivity index is 1.56. The van der Waals surface area contributed by atoms with Gasteiger partial charge >= 0.3 is 5.97 Å². The van der Waals surface area contributed by atoms with Crippen LogP contribution in [0.1, 0.15) is 15.9 Å². The normalized spacial score (nSPS) is 12.0. The van der Waals surface area contributed by atoms with Crippen molar-refractivity contribution < 1.29 is 23.1 Å². The van der Waals surface area contributed by atoms with Crippen molar-refractivity contribution in [1.29, 1.82) is 0 Å². The highest BCUT2D eigenvalue weighted by Crippen LogP contribution is 2.33. The van der Waals surface area contributed by atoms with Crippen LogP contribution in [0.3, 0.4) is 0 Å². The zero-order chi connectivity index (χ0) is 29.0. The summed E-state index contributed by atoms with van der Waals surface area (Å²) in [7, 11) is -4.30. The fraction of sp³-hybridized carbons (Fsp3) is 0.0714. The van der Waals surface area contributed by atoms with Gasteiger partial charge in [-0.2, -0.15) is 0 Å². The zero-order valence-electron chi connectivity index (χ0n) is 20.4. The van der Waals surface area contributed by atoms with E-state index in [1.54, 1.807) is 18.2 Å². The number of carboxylic acids is 1. The van der Waals surface area contributed by atoms with Crippen molar-refractivity contribution >= 4 is 85.0 Å². The van der Waals surface area contributed by atoms with Crippen molar-refractivity contribution in [3.05, 3.63) is 115 Å². The van der Waals surface area contributed by atoms with Crippen molar-refractivity contribution in [2.24, 2.45) is 0 Å². The monoisotopic (exact) mass is 728 g/mol. The third-order valence-electron chi connectivity index (χ3n) is 5.84. The smallest absolute Gasteiger partial charge is 0.326 e. The number of sulfonamides is 1. The predicted octanol–water partition coefficient (Wildman–Crippen LogP) is 7.14. The van der Waals surface area contributed by atoms with Gasteiger partial charge in [0.15, 0.2) is 0 Å². The van der Waals surface area contributed by atoms with E-state index < -0.39 is 27.9 Å². The third kappa shape index (κ3) is 7.27. The van der Waals surface area contributed by atoms with Crippen molar-refractivity contribution in [3.63, 3.8) is 0 Å². The second-order valence-corrected chi connectivity index (χ2v) is 12.7. The molecule has 12 heteroatoms. The number of hydrogen-bond acceptors (Lipinski definition) is 4. The number of benzene rings is 4. The van der Waals surface area contributed by atoms with Crippen molar-refractivity contribution in [3.8, 4) is 11.1 Å². The van der Waals surface area contributed by atoms with Gasteiger partial charge < -0.3 is 10.4 Å². The summed E-state index contributed by atoms with van der Waals surface area (Å²) in [5.41, 5.74) is 2.55. The van der Waals surface area contributed by atoms with Gasteiger partial charge in [0.1, 0.15) is 10.9 Å². The molecule has 0 aliphatic heterocycles. The Bertz CT molecular complexity index is 1680. The molecule has 4 aromatic rings. The molecule has 7 nitrogen and oxygen atoms in total. The maximum atomic E-state index is 13.3. The fourth-order valence-corrected chi connectivity index (χ4v) is 6.41. The number of nitrogens with one attached hydrogen (secondary N) is 2. The molecule has 0 bridgehead atoms. The van der Waals surface area contributed by atoms with Gasteiger partial charge in [0, 0.05) is 9.99 Å². The van der Waals surface area contributed by atoms with Crippen LogP contribution in [0, 0.1) is 3.57 Å². The molecular weight excluding hydrogens is 710 g/mol. The zero-order valence-corrected chi connectivity index (χ0v) is 25.6. The van der Waals surface area contributed by atoms with Crippen LogP contribution in [-0.4, -0.2) is 31.4 Å². The van der Waals surface area contributed by atoms with E-state index in [9.17, 15) is 23.1 Å². The molecule has 0 spiro atoms. The molecule has 0 radical (unpaired) electrons. The van der Waals surface area contributed by atoms with E-state index >= 15 is 0 Å². The second-order valence-electron chi connectivity index (χ2n) is 8.62. The van der Waals surface area contributed by atoms with Crippen LogP contribution >= 0.6 is 57.4 Å². The average Bonchev–Trinajstić information content (AvgIpc) is 2.92. The SMILES string of the molecule is O=C(NC(Cc1ccc(-c2ccccc2)cc1)C(=O)O)c1cc(I)ccc1NS(=O)(=O)c1cc(Cl)c(Cl)cc1Cl. The lowest BCUT2D eigenvalue weighted by atomic mass is 10.0. The number of aliphatic carboxylic acids is 1. The number of halogens is 4. The summed E-state index contributed by atoms with van der Waals surface area (Å²) >= 11 is 20.0. The molecule has 0 saturated carbocycles. The Kier molecular flexibility index (Phi) is 9.63. The number of rotatable bonds is 9. The van der Waals surface area contributed by atoms with E-state index in [0.717, 1.165) is 17.2 Å². The number of carboxylic acid groups (broad SMARTS) is 1. The Morgan fingerprint density at radius 1 is 0.825 bits per heavy atom. The number of amides is 1. The quantitative estimate of drug-likeness (QED) is 0.125. The number of carbonyl (C=O) groups is 2. The van der Waals surface area contributed by atoms with E-state index in [0.29, 0.717) is 9.13 Å². The molecule has 0 aliphatic rings. The van der Waals surface area contributed by atoms with E-state index in [-0.39, 0.29) is 37.6 Å². The standard InChI is InChI=1S/C28H20Cl3IN2O5S/c29-21-14-23(31)26(15-22(21)30)40(38,39)34-24-11-10-19(32)13-20(24)27(35)33-25(28(36)37)12-16-6-8-18(9-7-16)17-4-2-1-3-5-17/h1-11,13-15,25,34H,12H2,(H,33,35)(H,36,37). The largest absolute Gasteiger partial charge is 0.480 e. The molecule has 4 rings (SSSR count). The average molecular weight is 730 g/mol. The summed E-state index contributed by atoms with van der Waals surface area (Å²) in [6, 6.07) is 22.5. The molecule has 0 aliphatic carbocycles. The van der Waals surface area contributed by atoms with E-state index in [1.165, 1.54) is 18.2 Å². The first-order valence-corrected chi connectivity index (χ1v) is 15.3. The van der Waals surface area contributed by atoms with Gasteiger partial charge in [0.2, 0.25) is 0 Å². The Hall–Kier alpha value is -2.83. The Labute approximate surface area is 259 Å². The van der Waals surface area contributed by atoms with Crippen LogP contribution in [0.2, 0.25) is 15.1 Å². The second kappa shape index (κ2) is 12.8. The fourth-order valence-electron chi connectivity index (χ4n) is 3.84. The first-order valence-electron chi connectivity index (χ1n) is 11.6. The van der Waals surface area contributed by atoms with Crippen LogP contribution < -0.4 is 10.0 Å². The number of carbonyl (C=O) groups excluding carboxylic acids is 1. The van der Waals surface area contributed by atoms with E-state index in [1.807, 2.05) is 65.1 Å². The first-order chi connectivity index (χ1) is 18.9. The molecule has 1 amide bonds. The van der Waals surface area contributed by atoms with Crippen LogP contribution in [0.15, 0.2) is 89.8 Å². The predicted molar refractivity (Wildman–Crippen MR) is 166 cm³/mol. The molecule has 1 atom stereocenters. The highest BCUT2D eigenvalue weighted by Gasteiger charge is 2.26. The van der Waals surface area contributed by atoms with Crippen molar-refractivity contribution in [2.45, 2.75) is 17.4 Å². The Morgan fingerprint density at radius 3 is 2.10 bits per heavy atom. The molecule has 0 saturated heterocycles. The molecule has 0 fully saturated rings. The van der Waals surface area contributed by atoms with Crippen molar-refractivity contribution in [1.82, 2.24) is 5.32 Å². The summed E-state index contributed by atoms with van der Waals surface area (Å²) in [6.45, 7) is 0. The summed E-state index contributed by atoms with van der Waals surface area (Å²) in [5, 5.41) is 12.2. The first kappa shape index (κ1) is 30.1. The minimum absolute atomic E-state index is 0.0139. The lowest BCUT2D eigenvalue weighted by Gasteiger charge is -2.18. The van der Waals surface area contributed by atoms with Gasteiger partial charge in [0.25, 0.3) is 15.9 Å². The highest BCUT2D eigenvalue weighted by atomic mass is 127. The minimum atomic E-state index is -4.30. The topological polar surface area (TPSA) is 113 Å². The molecule has 40 heavy (non-hydrogen) atoms. The lowest BCUT2D eigenvalue weighted by molar-refractivity contribution is -0.139. The molecule has 206 valence electrons. The van der Waals surface area contributed by atoms with Crippen LogP contribution in [0.5, 0.6) is 0 Å². The van der Waals surface area contributed by atoms with Gasteiger partial charge in [0.05, 0.1) is 26.3 Å². The van der Waals surface area contributed by atoms with Gasteiger partial charge in [-0.15, -0.1) is 0 Å². The maximum Gasteiger partial charge on any atom is 0.326 e. The number of hydrogen-bond donors (Lipinski definition) is 3. The highest BCUT2D eigenvalue weighted by molar-refractivity contribution is 14.1. The lowest BCUT2D eigenvalue weighted by Crippen LogP contribution is -2.42. The van der Waals surface area contributed by atoms with Crippen LogP contribution in [0.25, 0.3) is 11.1 Å². The van der Waals surface area contributed by atoms with Gasteiger partial charge in [-0.1, -0.05) is 89.4 Å². The van der Waals surface area contributed by atoms with Crippen LogP contribution in [0.4, 0.5) is 5.69 Å². The van der Waals surface area contributed by atoms with Gasteiger partial charge in [-0.25, -0.2) is 13.2 Å². The third-order valence-corrected chi connectivity index (χ3v) is 9.06. The number of anilines is 1. The molecular formula is C28H20Cl3IN2O5S. The molecule has 4 aromatic carbocycles. The van der Waals surface area contributed by atoms with E-state index in [4.69, 9.17) is 34.8 Å². The summed E-state index contributed by atoms with van der Waals surface area (Å²) in [4.78, 5) is 25.0. The molecule has 0 aromatic heterocycles. The van der Waals surface area contributed by atoms with Gasteiger partial charge in [-0.05, 0) is 69.6 Å². The molecule has 1 unspecified atom stereocenters.